The van der Waals surface area contributed by atoms with Crippen molar-refractivity contribution in [2.24, 2.45) is 0 Å². The minimum atomic E-state index is -4.71. The van der Waals surface area contributed by atoms with Gasteiger partial charge >= 0.3 is 6.18 Å². The van der Waals surface area contributed by atoms with Gasteiger partial charge in [-0.2, -0.15) is 13.2 Å². The van der Waals surface area contributed by atoms with Crippen molar-refractivity contribution in [3.8, 4) is 0 Å². The van der Waals surface area contributed by atoms with Crippen LogP contribution in [0.1, 0.15) is 31.8 Å². The van der Waals surface area contributed by atoms with E-state index >= 15 is 0 Å². The number of benzene rings is 1. The second-order valence-electron chi connectivity index (χ2n) is 4.26. The van der Waals surface area contributed by atoms with Crippen LogP contribution in [-0.2, 0) is 6.18 Å². The van der Waals surface area contributed by atoms with Gasteiger partial charge in [0.05, 0.1) is 11.1 Å². The number of halogens is 4. The number of nitrogen functional groups attached to an aromatic ring is 1. The van der Waals surface area contributed by atoms with Gasteiger partial charge in [-0.1, -0.05) is 18.2 Å². The first-order chi connectivity index (χ1) is 10.2. The Morgan fingerprint density at radius 2 is 1.73 bits per heavy atom. The number of rotatable bonds is 3. The van der Waals surface area contributed by atoms with Crippen molar-refractivity contribution in [3.05, 3.63) is 58.8 Å². The number of carbonyl (C=O) groups excluding carboxylic acids is 2. The molecule has 1 heterocycles. The molecule has 0 aliphatic heterocycles. The summed E-state index contributed by atoms with van der Waals surface area (Å²) < 4.78 is 38.9. The number of hydrogen-bond acceptors (Lipinski definition) is 4. The molecule has 2 rings (SSSR count). The Kier molecular flexibility index (Phi) is 4.18. The summed E-state index contributed by atoms with van der Waals surface area (Å²) in [5, 5.41) is -1.07. The van der Waals surface area contributed by atoms with Crippen LogP contribution in [0.2, 0.25) is 0 Å². The first kappa shape index (κ1) is 16.0. The van der Waals surface area contributed by atoms with Gasteiger partial charge in [0.1, 0.15) is 5.82 Å². The first-order valence-electron chi connectivity index (χ1n) is 5.88. The van der Waals surface area contributed by atoms with Crippen molar-refractivity contribution in [1.29, 1.82) is 0 Å². The second kappa shape index (κ2) is 5.76. The molecule has 2 N–H and O–H groups in total. The number of alkyl halides is 3. The van der Waals surface area contributed by atoms with Crippen LogP contribution in [0.4, 0.5) is 19.0 Å². The van der Waals surface area contributed by atoms with E-state index in [2.05, 4.69) is 4.98 Å². The predicted molar refractivity (Wildman–Crippen MR) is 73.7 cm³/mol. The molecule has 0 saturated heterocycles. The van der Waals surface area contributed by atoms with E-state index in [0.29, 0.717) is 0 Å². The Morgan fingerprint density at radius 3 is 2.32 bits per heavy atom. The second-order valence-corrected chi connectivity index (χ2v) is 4.61. The van der Waals surface area contributed by atoms with E-state index in [4.69, 9.17) is 17.3 Å². The molecule has 0 amide bonds. The summed E-state index contributed by atoms with van der Waals surface area (Å²) in [6, 6.07) is 5.34. The molecule has 22 heavy (non-hydrogen) atoms. The Labute approximate surface area is 127 Å². The fourth-order valence-electron chi connectivity index (χ4n) is 1.95. The first-order valence-corrected chi connectivity index (χ1v) is 6.26. The Hall–Kier alpha value is -2.41. The van der Waals surface area contributed by atoms with E-state index < -0.39 is 33.9 Å². The van der Waals surface area contributed by atoms with E-state index in [1.165, 1.54) is 6.07 Å². The lowest BCUT2D eigenvalue weighted by molar-refractivity contribution is -0.137. The van der Waals surface area contributed by atoms with Gasteiger partial charge in [-0.05, 0) is 23.7 Å². The van der Waals surface area contributed by atoms with Crippen molar-refractivity contribution in [1.82, 2.24) is 4.98 Å². The summed E-state index contributed by atoms with van der Waals surface area (Å²) in [4.78, 5) is 27.4. The molecule has 1 aromatic carbocycles. The lowest BCUT2D eigenvalue weighted by atomic mass is 9.96. The largest absolute Gasteiger partial charge is 0.417 e. The van der Waals surface area contributed by atoms with Crippen molar-refractivity contribution >= 4 is 28.4 Å². The molecule has 0 saturated carbocycles. The summed E-state index contributed by atoms with van der Waals surface area (Å²) in [7, 11) is 0. The van der Waals surface area contributed by atoms with Gasteiger partial charge in [-0.15, -0.1) is 0 Å². The molecule has 8 heteroatoms. The highest BCUT2D eigenvalue weighted by Gasteiger charge is 2.35. The topological polar surface area (TPSA) is 73.0 Å². The summed E-state index contributed by atoms with van der Waals surface area (Å²) in [5.41, 5.74) is 3.03. The van der Waals surface area contributed by atoms with Crippen LogP contribution in [0.15, 0.2) is 36.5 Å². The van der Waals surface area contributed by atoms with Crippen LogP contribution < -0.4 is 5.73 Å². The summed E-state index contributed by atoms with van der Waals surface area (Å²) in [6.45, 7) is 0. The van der Waals surface area contributed by atoms with Gasteiger partial charge in [0.2, 0.25) is 0 Å². The third-order valence-corrected chi connectivity index (χ3v) is 3.09. The summed E-state index contributed by atoms with van der Waals surface area (Å²) in [6.07, 6.45) is -3.60. The van der Waals surface area contributed by atoms with Gasteiger partial charge in [0, 0.05) is 17.3 Å². The van der Waals surface area contributed by atoms with Crippen molar-refractivity contribution < 1.29 is 22.8 Å². The minimum Gasteiger partial charge on any atom is -0.383 e. The highest BCUT2D eigenvalue weighted by atomic mass is 35.5. The Morgan fingerprint density at radius 1 is 1.09 bits per heavy atom. The van der Waals surface area contributed by atoms with Crippen LogP contribution in [0.5, 0.6) is 0 Å². The zero-order chi connectivity index (χ0) is 16.5. The monoisotopic (exact) mass is 328 g/mol. The molecule has 0 unspecified atom stereocenters. The zero-order valence-corrected chi connectivity index (χ0v) is 11.6. The van der Waals surface area contributed by atoms with Crippen LogP contribution in [0.3, 0.4) is 0 Å². The van der Waals surface area contributed by atoms with Gasteiger partial charge < -0.3 is 5.73 Å². The number of carbonyl (C=O) groups is 2. The molecule has 1 aromatic heterocycles. The molecular formula is C14H8ClF3N2O2. The van der Waals surface area contributed by atoms with Gasteiger partial charge in [-0.3, -0.25) is 9.59 Å². The zero-order valence-electron chi connectivity index (χ0n) is 10.8. The van der Waals surface area contributed by atoms with Crippen LogP contribution in [0.25, 0.3) is 0 Å². The lowest BCUT2D eigenvalue weighted by Gasteiger charge is -2.13. The maximum atomic E-state index is 13.0. The highest BCUT2D eigenvalue weighted by Crippen LogP contribution is 2.33. The van der Waals surface area contributed by atoms with Crippen LogP contribution in [-0.4, -0.2) is 16.0 Å². The smallest absolute Gasteiger partial charge is 0.383 e. The molecule has 4 nitrogen and oxygen atoms in total. The molecule has 114 valence electrons. The molecule has 0 fully saturated rings. The third-order valence-electron chi connectivity index (χ3n) is 2.90. The lowest BCUT2D eigenvalue weighted by Crippen LogP contribution is -2.16. The highest BCUT2D eigenvalue weighted by molar-refractivity contribution is 6.68. The van der Waals surface area contributed by atoms with E-state index in [9.17, 15) is 22.8 Å². The predicted octanol–water partition coefficient (Wildman–Crippen LogP) is 3.29. The molecule has 0 aliphatic rings. The van der Waals surface area contributed by atoms with Crippen molar-refractivity contribution in [3.63, 3.8) is 0 Å². The van der Waals surface area contributed by atoms with Gasteiger partial charge in [0.15, 0.2) is 5.78 Å². The van der Waals surface area contributed by atoms with Gasteiger partial charge in [0.25, 0.3) is 5.24 Å². The standard InChI is InChI=1S/C14H8ClF3N2O2/c15-12(22)10-8(5-6-20-13(10)19)11(21)7-3-1-2-4-9(7)14(16,17)18/h1-6H,(H2,19,20). The quantitative estimate of drug-likeness (QED) is 0.693. The molecule has 0 radical (unpaired) electrons. The molecule has 2 aromatic rings. The summed E-state index contributed by atoms with van der Waals surface area (Å²) in [5.74, 6) is -1.33. The van der Waals surface area contributed by atoms with Gasteiger partial charge in [-0.25, -0.2) is 4.98 Å². The van der Waals surface area contributed by atoms with E-state index in [1.54, 1.807) is 0 Å². The van der Waals surface area contributed by atoms with Crippen LogP contribution >= 0.6 is 11.6 Å². The Bertz CT molecular complexity index is 760. The van der Waals surface area contributed by atoms with Crippen molar-refractivity contribution in [2.45, 2.75) is 6.18 Å². The molecule has 0 aliphatic carbocycles. The minimum absolute atomic E-state index is 0.324. The van der Waals surface area contributed by atoms with E-state index in [0.717, 1.165) is 30.5 Å². The average molecular weight is 329 g/mol. The average Bonchev–Trinajstić information content (AvgIpc) is 2.45. The number of ketones is 1. The van der Waals surface area contributed by atoms with Crippen molar-refractivity contribution in [2.75, 3.05) is 5.73 Å². The molecule has 0 atom stereocenters. The molecule has 0 bridgehead atoms. The van der Waals surface area contributed by atoms with Crippen LogP contribution in [0, 0.1) is 0 Å². The fraction of sp³-hybridized carbons (Fsp3) is 0.0714. The third kappa shape index (κ3) is 2.94. The van der Waals surface area contributed by atoms with E-state index in [1.807, 2.05) is 0 Å². The number of pyridine rings is 1. The maximum absolute atomic E-state index is 13.0. The number of hydrogen-bond donors (Lipinski definition) is 1. The number of nitrogens with zero attached hydrogens (tertiary/aromatic N) is 1. The number of nitrogens with two attached hydrogens (primary N) is 1. The maximum Gasteiger partial charge on any atom is 0.417 e. The molecular weight excluding hydrogens is 321 g/mol. The number of aromatic nitrogens is 1. The fourth-order valence-corrected chi connectivity index (χ4v) is 2.15. The van der Waals surface area contributed by atoms with E-state index in [-0.39, 0.29) is 11.4 Å². The Balaban J connectivity index is 2.65. The molecule has 0 spiro atoms. The number of anilines is 1. The SMILES string of the molecule is Nc1nccc(C(=O)c2ccccc2C(F)(F)F)c1C(=O)Cl. The summed E-state index contributed by atoms with van der Waals surface area (Å²) >= 11 is 5.34. The normalized spacial score (nSPS) is 11.3.